The Balaban J connectivity index is 1.58. The molecular weight excluding hydrogens is 391 g/mol. The fourth-order valence-corrected chi connectivity index (χ4v) is 4.21. The van der Waals surface area contributed by atoms with Crippen molar-refractivity contribution in [2.75, 3.05) is 0 Å². The topological polar surface area (TPSA) is 42.7 Å². The third-order valence-electron chi connectivity index (χ3n) is 5.26. The van der Waals surface area contributed by atoms with Crippen molar-refractivity contribution >= 4 is 23.2 Å². The van der Waals surface area contributed by atoms with E-state index in [4.69, 9.17) is 33.4 Å². The van der Waals surface area contributed by atoms with Crippen LogP contribution in [-0.4, -0.2) is 21.0 Å². The van der Waals surface area contributed by atoms with Crippen LogP contribution in [0.1, 0.15) is 43.4 Å². The predicted molar refractivity (Wildman–Crippen MR) is 115 cm³/mol. The number of hydrogen-bond acceptors (Lipinski definition) is 3. The van der Waals surface area contributed by atoms with Crippen molar-refractivity contribution in [2.24, 2.45) is 0 Å². The van der Waals surface area contributed by atoms with Crippen LogP contribution < -0.4 is 5.32 Å². The molecule has 4 rings (SSSR count). The normalized spacial score (nSPS) is 15.1. The van der Waals surface area contributed by atoms with Crippen LogP contribution in [0.3, 0.4) is 0 Å². The predicted octanol–water partition coefficient (Wildman–Crippen LogP) is 5.72. The molecule has 0 amide bonds. The van der Waals surface area contributed by atoms with Gasteiger partial charge >= 0.3 is 0 Å². The van der Waals surface area contributed by atoms with E-state index in [1.54, 1.807) is 10.9 Å². The first kappa shape index (κ1) is 19.4. The summed E-state index contributed by atoms with van der Waals surface area (Å²) in [5, 5.41) is 14.5. The highest BCUT2D eigenvalue weighted by molar-refractivity contribution is 6.35. The molecule has 0 bridgehead atoms. The van der Waals surface area contributed by atoms with Gasteiger partial charge < -0.3 is 5.32 Å². The molecule has 1 heterocycles. The van der Waals surface area contributed by atoms with Crippen LogP contribution in [0, 0.1) is 0 Å². The molecule has 0 unspecified atom stereocenters. The Morgan fingerprint density at radius 2 is 1.75 bits per heavy atom. The van der Waals surface area contributed by atoms with Gasteiger partial charge in [-0.05, 0) is 30.5 Å². The van der Waals surface area contributed by atoms with E-state index in [1.807, 2.05) is 30.3 Å². The fourth-order valence-electron chi connectivity index (χ4n) is 3.74. The zero-order valence-corrected chi connectivity index (χ0v) is 17.3. The molecule has 1 aromatic heterocycles. The average molecular weight is 415 g/mol. The molecule has 3 aromatic rings. The second-order valence-corrected chi connectivity index (χ2v) is 8.19. The molecule has 1 aliphatic carbocycles. The number of rotatable bonds is 6. The van der Waals surface area contributed by atoms with Gasteiger partial charge in [-0.2, -0.15) is 15.0 Å². The fraction of sp³-hybridized carbons (Fsp3) is 0.364. The molecule has 1 fully saturated rings. The first-order valence-corrected chi connectivity index (χ1v) is 10.6. The quantitative estimate of drug-likeness (QED) is 0.560. The van der Waals surface area contributed by atoms with Gasteiger partial charge in [0.1, 0.15) is 11.4 Å². The van der Waals surface area contributed by atoms with Gasteiger partial charge in [0, 0.05) is 28.2 Å². The van der Waals surface area contributed by atoms with Crippen molar-refractivity contribution in [3.63, 3.8) is 0 Å². The monoisotopic (exact) mass is 414 g/mol. The van der Waals surface area contributed by atoms with Gasteiger partial charge in [0.2, 0.25) is 0 Å². The average Bonchev–Trinajstić information content (AvgIpc) is 3.13. The van der Waals surface area contributed by atoms with E-state index >= 15 is 0 Å². The summed E-state index contributed by atoms with van der Waals surface area (Å²) < 4.78 is 0. The summed E-state index contributed by atoms with van der Waals surface area (Å²) in [5.74, 6) is 0. The number of halogens is 2. The van der Waals surface area contributed by atoms with Gasteiger partial charge in [0.25, 0.3) is 0 Å². The lowest BCUT2D eigenvalue weighted by atomic mass is 9.95. The highest BCUT2D eigenvalue weighted by Crippen LogP contribution is 2.24. The first-order valence-electron chi connectivity index (χ1n) is 9.86. The van der Waals surface area contributed by atoms with Crippen LogP contribution in [-0.2, 0) is 13.1 Å². The van der Waals surface area contributed by atoms with Crippen molar-refractivity contribution in [1.29, 1.82) is 0 Å². The summed E-state index contributed by atoms with van der Waals surface area (Å²) in [6.07, 6.45) is 6.46. The van der Waals surface area contributed by atoms with E-state index in [2.05, 4.69) is 17.4 Å². The second kappa shape index (κ2) is 9.08. The van der Waals surface area contributed by atoms with Crippen molar-refractivity contribution < 1.29 is 0 Å². The Hall–Kier alpha value is -1.88. The van der Waals surface area contributed by atoms with E-state index in [-0.39, 0.29) is 0 Å². The van der Waals surface area contributed by atoms with Gasteiger partial charge in [0.15, 0.2) is 0 Å². The lowest BCUT2D eigenvalue weighted by Crippen LogP contribution is -2.30. The van der Waals surface area contributed by atoms with Gasteiger partial charge in [-0.1, -0.05) is 78.9 Å². The number of aromatic nitrogens is 3. The van der Waals surface area contributed by atoms with E-state index in [9.17, 15) is 0 Å². The molecule has 0 spiro atoms. The standard InChI is InChI=1S/C22H24Cl2N4/c23-18-12-11-17(20(24)13-18)15-28-26-21(14-25-19-9-5-2-6-10-19)22(27-28)16-7-3-1-4-8-16/h1,3-4,7-8,11-13,19,25H,2,5-6,9-10,14-15H2. The molecule has 4 nitrogen and oxygen atoms in total. The Bertz CT molecular complexity index is 918. The van der Waals surface area contributed by atoms with E-state index in [0.717, 1.165) is 29.1 Å². The second-order valence-electron chi connectivity index (χ2n) is 7.34. The lowest BCUT2D eigenvalue weighted by molar-refractivity contribution is 0.370. The summed E-state index contributed by atoms with van der Waals surface area (Å²) in [6, 6.07) is 16.3. The Kier molecular flexibility index (Phi) is 6.30. The third kappa shape index (κ3) is 4.75. The molecule has 1 saturated carbocycles. The molecule has 0 radical (unpaired) electrons. The van der Waals surface area contributed by atoms with Crippen LogP contribution >= 0.6 is 23.2 Å². The molecule has 1 N–H and O–H groups in total. The summed E-state index contributed by atoms with van der Waals surface area (Å²) in [7, 11) is 0. The zero-order valence-electron chi connectivity index (χ0n) is 15.7. The summed E-state index contributed by atoms with van der Waals surface area (Å²) in [6.45, 7) is 1.24. The molecular formula is C22H24Cl2N4. The van der Waals surface area contributed by atoms with Crippen LogP contribution in [0.15, 0.2) is 48.5 Å². The molecule has 0 saturated heterocycles. The van der Waals surface area contributed by atoms with Gasteiger partial charge in [-0.3, -0.25) is 0 Å². The van der Waals surface area contributed by atoms with Crippen LogP contribution in [0.2, 0.25) is 10.0 Å². The number of hydrogen-bond donors (Lipinski definition) is 1. The Morgan fingerprint density at radius 1 is 0.964 bits per heavy atom. The van der Waals surface area contributed by atoms with Crippen molar-refractivity contribution in [3.05, 3.63) is 69.8 Å². The van der Waals surface area contributed by atoms with Gasteiger partial charge in [0.05, 0.1) is 6.54 Å². The van der Waals surface area contributed by atoms with Gasteiger partial charge in [-0.25, -0.2) is 0 Å². The van der Waals surface area contributed by atoms with Crippen molar-refractivity contribution in [1.82, 2.24) is 20.3 Å². The van der Waals surface area contributed by atoms with Crippen molar-refractivity contribution in [3.8, 4) is 11.3 Å². The Labute approximate surface area is 175 Å². The van der Waals surface area contributed by atoms with Crippen LogP contribution in [0.25, 0.3) is 11.3 Å². The zero-order chi connectivity index (χ0) is 19.3. The van der Waals surface area contributed by atoms with Gasteiger partial charge in [-0.15, -0.1) is 0 Å². The van der Waals surface area contributed by atoms with Crippen molar-refractivity contribution in [2.45, 2.75) is 51.2 Å². The Morgan fingerprint density at radius 3 is 2.50 bits per heavy atom. The van der Waals surface area contributed by atoms with E-state index in [1.165, 1.54) is 32.1 Å². The highest BCUT2D eigenvalue weighted by Gasteiger charge is 2.17. The van der Waals surface area contributed by atoms with E-state index < -0.39 is 0 Å². The minimum Gasteiger partial charge on any atom is -0.308 e. The lowest BCUT2D eigenvalue weighted by Gasteiger charge is -2.22. The smallest absolute Gasteiger partial charge is 0.117 e. The molecule has 0 atom stereocenters. The number of nitrogens with one attached hydrogen (secondary N) is 1. The maximum atomic E-state index is 6.34. The molecule has 6 heteroatoms. The van der Waals surface area contributed by atoms with Crippen LogP contribution in [0.4, 0.5) is 0 Å². The summed E-state index contributed by atoms with van der Waals surface area (Å²) in [5.41, 5.74) is 3.93. The van der Waals surface area contributed by atoms with E-state index in [0.29, 0.717) is 22.6 Å². The molecule has 146 valence electrons. The molecule has 1 aliphatic rings. The SMILES string of the molecule is Clc1ccc(Cn2nc(CNC3CCCCC3)c(-c3ccccc3)n2)c(Cl)c1. The largest absolute Gasteiger partial charge is 0.308 e. The first-order chi connectivity index (χ1) is 13.7. The highest BCUT2D eigenvalue weighted by atomic mass is 35.5. The summed E-state index contributed by atoms with van der Waals surface area (Å²) >= 11 is 12.4. The summed E-state index contributed by atoms with van der Waals surface area (Å²) in [4.78, 5) is 1.73. The maximum Gasteiger partial charge on any atom is 0.117 e. The minimum atomic E-state index is 0.513. The molecule has 2 aromatic carbocycles. The number of benzene rings is 2. The van der Waals surface area contributed by atoms with Crippen LogP contribution in [0.5, 0.6) is 0 Å². The third-order valence-corrected chi connectivity index (χ3v) is 5.85. The maximum absolute atomic E-state index is 6.34. The minimum absolute atomic E-state index is 0.513. The number of nitrogens with zero attached hydrogens (tertiary/aromatic N) is 3. The molecule has 0 aliphatic heterocycles. The molecule has 28 heavy (non-hydrogen) atoms.